The molecule has 0 bridgehead atoms. The van der Waals surface area contributed by atoms with Crippen LogP contribution in [-0.2, 0) is 11.3 Å². The lowest BCUT2D eigenvalue weighted by molar-refractivity contribution is 0.0522. The fourth-order valence-corrected chi connectivity index (χ4v) is 2.03. The number of carbonyl (C=O) groups excluding carboxylic acids is 1. The lowest BCUT2D eigenvalue weighted by Crippen LogP contribution is -2.24. The number of esters is 1. The molecule has 1 rings (SSSR count). The summed E-state index contributed by atoms with van der Waals surface area (Å²) in [5.41, 5.74) is 1.50. The summed E-state index contributed by atoms with van der Waals surface area (Å²) in [6, 6.07) is 1.51. The van der Waals surface area contributed by atoms with Crippen LogP contribution in [0.5, 0.6) is 0 Å². The second-order valence-electron chi connectivity index (χ2n) is 4.34. The van der Waals surface area contributed by atoms with E-state index < -0.39 is 5.97 Å². The van der Waals surface area contributed by atoms with Gasteiger partial charge in [-0.1, -0.05) is 13.3 Å². The lowest BCUT2D eigenvalue weighted by Gasteiger charge is -2.16. The minimum absolute atomic E-state index is 0.165. The molecule has 0 amide bonds. The standard InChI is InChI=1S/C14H21NO3/c1-5-7-8-15-10(3)9-12(16)13(11(15)4)14(17)18-6-2/h9H,5-8H2,1-4H3. The van der Waals surface area contributed by atoms with Gasteiger partial charge in [-0.25, -0.2) is 4.79 Å². The monoisotopic (exact) mass is 251 g/mol. The van der Waals surface area contributed by atoms with E-state index in [0.717, 1.165) is 25.1 Å². The van der Waals surface area contributed by atoms with Crippen molar-refractivity contribution in [2.45, 2.75) is 47.1 Å². The quantitative estimate of drug-likeness (QED) is 0.755. The molecule has 4 heteroatoms. The van der Waals surface area contributed by atoms with E-state index in [0.29, 0.717) is 5.69 Å². The number of hydrogen-bond donors (Lipinski definition) is 0. The zero-order valence-corrected chi connectivity index (χ0v) is 11.6. The molecular weight excluding hydrogens is 230 g/mol. The summed E-state index contributed by atoms with van der Waals surface area (Å²) in [6.45, 7) is 8.63. The number of hydrogen-bond acceptors (Lipinski definition) is 3. The number of unbranched alkanes of at least 4 members (excludes halogenated alkanes) is 1. The average molecular weight is 251 g/mol. The molecule has 1 aromatic rings. The zero-order valence-electron chi connectivity index (χ0n) is 11.6. The highest BCUT2D eigenvalue weighted by molar-refractivity contribution is 5.90. The van der Waals surface area contributed by atoms with Crippen LogP contribution in [-0.4, -0.2) is 17.1 Å². The maximum absolute atomic E-state index is 11.9. The van der Waals surface area contributed by atoms with E-state index in [1.165, 1.54) is 6.07 Å². The lowest BCUT2D eigenvalue weighted by atomic mass is 10.1. The van der Waals surface area contributed by atoms with Crippen molar-refractivity contribution in [2.24, 2.45) is 0 Å². The van der Waals surface area contributed by atoms with Crippen LogP contribution >= 0.6 is 0 Å². The smallest absolute Gasteiger partial charge is 0.343 e. The van der Waals surface area contributed by atoms with E-state index in [9.17, 15) is 9.59 Å². The van der Waals surface area contributed by atoms with E-state index >= 15 is 0 Å². The molecule has 0 aliphatic carbocycles. The molecule has 4 nitrogen and oxygen atoms in total. The van der Waals surface area contributed by atoms with E-state index in [4.69, 9.17) is 4.74 Å². The molecule has 0 N–H and O–H groups in total. The Hall–Kier alpha value is -1.58. The van der Waals surface area contributed by atoms with Gasteiger partial charge < -0.3 is 9.30 Å². The molecular formula is C14H21NO3. The molecule has 100 valence electrons. The molecule has 1 aromatic heterocycles. The third-order valence-corrected chi connectivity index (χ3v) is 2.99. The van der Waals surface area contributed by atoms with Gasteiger partial charge in [0.25, 0.3) is 0 Å². The summed E-state index contributed by atoms with van der Waals surface area (Å²) in [6.07, 6.45) is 2.09. The highest BCUT2D eigenvalue weighted by Crippen LogP contribution is 2.10. The van der Waals surface area contributed by atoms with Gasteiger partial charge in [0.1, 0.15) is 5.56 Å². The normalized spacial score (nSPS) is 10.4. The zero-order chi connectivity index (χ0) is 13.7. The Kier molecular flexibility index (Phi) is 5.13. The molecule has 0 radical (unpaired) electrons. The van der Waals surface area contributed by atoms with Crippen molar-refractivity contribution in [3.05, 3.63) is 33.2 Å². The fourth-order valence-electron chi connectivity index (χ4n) is 2.03. The number of nitrogens with zero attached hydrogens (tertiary/aromatic N) is 1. The minimum Gasteiger partial charge on any atom is -0.462 e. The van der Waals surface area contributed by atoms with E-state index in [2.05, 4.69) is 6.92 Å². The van der Waals surface area contributed by atoms with Crippen molar-refractivity contribution in [3.8, 4) is 0 Å². The van der Waals surface area contributed by atoms with Crippen molar-refractivity contribution in [2.75, 3.05) is 6.61 Å². The van der Waals surface area contributed by atoms with Gasteiger partial charge in [-0.2, -0.15) is 0 Å². The van der Waals surface area contributed by atoms with Gasteiger partial charge in [-0.15, -0.1) is 0 Å². The highest BCUT2D eigenvalue weighted by atomic mass is 16.5. The second-order valence-corrected chi connectivity index (χ2v) is 4.34. The largest absolute Gasteiger partial charge is 0.462 e. The average Bonchev–Trinajstić information content (AvgIpc) is 2.28. The predicted octanol–water partition coefficient (Wildman–Crippen LogP) is 2.44. The maximum atomic E-state index is 11.9. The molecule has 0 unspecified atom stereocenters. The minimum atomic E-state index is -0.523. The van der Waals surface area contributed by atoms with Gasteiger partial charge in [-0.3, -0.25) is 4.79 Å². The molecule has 0 saturated carbocycles. The first-order valence-electron chi connectivity index (χ1n) is 6.41. The van der Waals surface area contributed by atoms with Gasteiger partial charge >= 0.3 is 5.97 Å². The Balaban J connectivity index is 3.26. The van der Waals surface area contributed by atoms with E-state index in [-0.39, 0.29) is 17.6 Å². The first-order valence-corrected chi connectivity index (χ1v) is 6.41. The Bertz CT molecular complexity index is 489. The number of ether oxygens (including phenoxy) is 1. The molecule has 0 saturated heterocycles. The summed E-state index contributed by atoms with van der Waals surface area (Å²) in [5.74, 6) is -0.523. The summed E-state index contributed by atoms with van der Waals surface area (Å²) < 4.78 is 6.95. The number of carbonyl (C=O) groups is 1. The molecule has 0 aromatic carbocycles. The van der Waals surface area contributed by atoms with Crippen molar-refractivity contribution < 1.29 is 9.53 Å². The highest BCUT2D eigenvalue weighted by Gasteiger charge is 2.17. The molecule has 0 atom stereocenters. The van der Waals surface area contributed by atoms with Crippen LogP contribution in [0.25, 0.3) is 0 Å². The molecule has 0 spiro atoms. The van der Waals surface area contributed by atoms with Crippen LogP contribution in [0, 0.1) is 13.8 Å². The Morgan fingerprint density at radius 1 is 1.33 bits per heavy atom. The Labute approximate surface area is 108 Å². The topological polar surface area (TPSA) is 48.3 Å². The Morgan fingerprint density at radius 2 is 2.00 bits per heavy atom. The van der Waals surface area contributed by atoms with Gasteiger partial charge in [0.2, 0.25) is 0 Å². The first kappa shape index (κ1) is 14.5. The third kappa shape index (κ3) is 3.00. The fraction of sp³-hybridized carbons (Fsp3) is 0.571. The number of rotatable bonds is 5. The van der Waals surface area contributed by atoms with Gasteiger partial charge in [0.15, 0.2) is 5.43 Å². The van der Waals surface area contributed by atoms with Crippen molar-refractivity contribution in [1.82, 2.24) is 4.57 Å². The van der Waals surface area contributed by atoms with Crippen LogP contribution in [0.3, 0.4) is 0 Å². The van der Waals surface area contributed by atoms with Crippen LogP contribution < -0.4 is 5.43 Å². The van der Waals surface area contributed by atoms with Crippen LogP contribution in [0.2, 0.25) is 0 Å². The predicted molar refractivity (Wildman–Crippen MR) is 71.0 cm³/mol. The molecule has 0 aliphatic rings. The maximum Gasteiger partial charge on any atom is 0.343 e. The third-order valence-electron chi connectivity index (χ3n) is 2.99. The second kappa shape index (κ2) is 6.38. The van der Waals surface area contributed by atoms with Crippen molar-refractivity contribution >= 4 is 5.97 Å². The van der Waals surface area contributed by atoms with Crippen LogP contribution in [0.4, 0.5) is 0 Å². The van der Waals surface area contributed by atoms with Gasteiger partial charge in [0, 0.05) is 24.0 Å². The van der Waals surface area contributed by atoms with Crippen LogP contribution in [0.1, 0.15) is 48.4 Å². The molecule has 18 heavy (non-hydrogen) atoms. The summed E-state index contributed by atoms with van der Waals surface area (Å²) >= 11 is 0. The van der Waals surface area contributed by atoms with Crippen LogP contribution in [0.15, 0.2) is 10.9 Å². The van der Waals surface area contributed by atoms with Crippen molar-refractivity contribution in [3.63, 3.8) is 0 Å². The summed E-state index contributed by atoms with van der Waals surface area (Å²) in [4.78, 5) is 23.7. The van der Waals surface area contributed by atoms with E-state index in [1.807, 2.05) is 11.5 Å². The van der Waals surface area contributed by atoms with Crippen molar-refractivity contribution in [1.29, 1.82) is 0 Å². The Morgan fingerprint density at radius 3 is 2.56 bits per heavy atom. The molecule has 0 aliphatic heterocycles. The summed E-state index contributed by atoms with van der Waals surface area (Å²) in [7, 11) is 0. The molecule has 1 heterocycles. The number of pyridine rings is 1. The van der Waals surface area contributed by atoms with E-state index in [1.54, 1.807) is 13.8 Å². The summed E-state index contributed by atoms with van der Waals surface area (Å²) in [5, 5.41) is 0. The number of aryl methyl sites for hydroxylation is 1. The van der Waals surface area contributed by atoms with Gasteiger partial charge in [-0.05, 0) is 27.2 Å². The SMILES string of the molecule is CCCCn1c(C)cc(=O)c(C(=O)OCC)c1C. The first-order chi connectivity index (χ1) is 8.52. The number of aromatic nitrogens is 1. The molecule has 0 fully saturated rings. The van der Waals surface area contributed by atoms with Gasteiger partial charge in [0.05, 0.1) is 6.61 Å².